The van der Waals surface area contributed by atoms with Gasteiger partial charge < -0.3 is 15.1 Å². The molecule has 0 aromatic carbocycles. The Bertz CT molecular complexity index is 446. The monoisotopic (exact) mass is 255 g/mol. The van der Waals surface area contributed by atoms with E-state index in [1.54, 1.807) is 4.90 Å². The first-order valence-electron chi connectivity index (χ1n) is 5.66. The van der Waals surface area contributed by atoms with Crippen LogP contribution in [0.5, 0.6) is 0 Å². The number of hydrogen-bond donors (Lipinski definition) is 2. The zero-order valence-electron chi connectivity index (χ0n) is 9.11. The van der Waals surface area contributed by atoms with E-state index < -0.39 is 18.1 Å². The Balaban J connectivity index is 1.83. The highest BCUT2D eigenvalue weighted by Crippen LogP contribution is 2.40. The number of nitrogens with zero attached hydrogens (tertiary/aromatic N) is 3. The molecule has 1 aromatic heterocycles. The average molecular weight is 255 g/mol. The van der Waals surface area contributed by atoms with E-state index in [4.69, 9.17) is 5.11 Å². The molecule has 2 atom stereocenters. The lowest BCUT2D eigenvalue weighted by molar-refractivity contribution is -0.138. The quantitative estimate of drug-likeness (QED) is 0.815. The Hall–Kier alpha value is -1.21. The molecule has 1 saturated heterocycles. The van der Waals surface area contributed by atoms with Crippen molar-refractivity contribution in [1.82, 2.24) is 9.36 Å². The van der Waals surface area contributed by atoms with Gasteiger partial charge >= 0.3 is 5.97 Å². The van der Waals surface area contributed by atoms with Crippen LogP contribution in [0.25, 0.3) is 0 Å². The number of carboxylic acids is 1. The van der Waals surface area contributed by atoms with E-state index >= 15 is 0 Å². The van der Waals surface area contributed by atoms with E-state index in [2.05, 4.69) is 9.36 Å². The van der Waals surface area contributed by atoms with Crippen LogP contribution in [0, 0.1) is 0 Å². The minimum Gasteiger partial charge on any atom is -0.480 e. The van der Waals surface area contributed by atoms with E-state index in [0.29, 0.717) is 17.6 Å². The maximum Gasteiger partial charge on any atom is 0.326 e. The Labute approximate surface area is 102 Å². The van der Waals surface area contributed by atoms with Crippen LogP contribution in [0.4, 0.5) is 5.13 Å². The molecule has 92 valence electrons. The van der Waals surface area contributed by atoms with Crippen molar-refractivity contribution in [1.29, 1.82) is 0 Å². The molecule has 2 unspecified atom stereocenters. The maximum atomic E-state index is 11.1. The van der Waals surface area contributed by atoms with Crippen molar-refractivity contribution >= 4 is 22.6 Å². The van der Waals surface area contributed by atoms with Crippen LogP contribution in [0.1, 0.15) is 31.0 Å². The number of β-amino-alcohol motifs (C(OH)–C–C–N with tert-alkyl or cyclic N) is 1. The summed E-state index contributed by atoms with van der Waals surface area (Å²) >= 11 is 1.23. The van der Waals surface area contributed by atoms with Gasteiger partial charge in [0.1, 0.15) is 11.9 Å². The summed E-state index contributed by atoms with van der Waals surface area (Å²) in [6, 6.07) is -0.676. The second-order valence-corrected chi connectivity index (χ2v) is 5.34. The van der Waals surface area contributed by atoms with E-state index in [-0.39, 0.29) is 6.42 Å². The summed E-state index contributed by atoms with van der Waals surface area (Å²) in [4.78, 5) is 17.1. The van der Waals surface area contributed by atoms with Crippen LogP contribution < -0.4 is 4.90 Å². The van der Waals surface area contributed by atoms with Gasteiger partial charge in [-0.1, -0.05) is 0 Å². The fourth-order valence-corrected chi connectivity index (χ4v) is 2.92. The molecular weight excluding hydrogens is 242 g/mol. The second kappa shape index (κ2) is 3.92. The van der Waals surface area contributed by atoms with Gasteiger partial charge in [-0.2, -0.15) is 4.37 Å². The first-order valence-corrected chi connectivity index (χ1v) is 6.43. The molecule has 3 rings (SSSR count). The van der Waals surface area contributed by atoms with Gasteiger partial charge in [0.2, 0.25) is 5.13 Å². The first kappa shape index (κ1) is 10.9. The fourth-order valence-electron chi connectivity index (χ4n) is 2.11. The average Bonchev–Trinajstić information content (AvgIpc) is 2.88. The normalized spacial score (nSPS) is 28.6. The number of carbonyl (C=O) groups is 1. The molecule has 0 spiro atoms. The first-order chi connectivity index (χ1) is 8.15. The largest absolute Gasteiger partial charge is 0.480 e. The molecule has 2 aliphatic rings. The summed E-state index contributed by atoms with van der Waals surface area (Å²) < 4.78 is 4.26. The summed E-state index contributed by atoms with van der Waals surface area (Å²) in [5.41, 5.74) is 0. The highest BCUT2D eigenvalue weighted by Gasteiger charge is 2.38. The van der Waals surface area contributed by atoms with Crippen LogP contribution in [0.3, 0.4) is 0 Å². The summed E-state index contributed by atoms with van der Waals surface area (Å²) in [5, 5.41) is 19.3. The van der Waals surface area contributed by atoms with Gasteiger partial charge in [0.05, 0.1) is 6.10 Å². The smallest absolute Gasteiger partial charge is 0.326 e. The third-order valence-electron chi connectivity index (χ3n) is 3.18. The van der Waals surface area contributed by atoms with Crippen molar-refractivity contribution < 1.29 is 15.0 Å². The molecule has 0 bridgehead atoms. The maximum absolute atomic E-state index is 11.1. The molecule has 2 heterocycles. The molecule has 0 amide bonds. The molecule has 1 saturated carbocycles. The molecule has 2 fully saturated rings. The molecular formula is C10H13N3O3S. The van der Waals surface area contributed by atoms with Gasteiger partial charge in [-0.15, -0.1) is 0 Å². The standard InChI is InChI=1S/C10H13N3O3S/c14-6-3-7(9(15)16)13(4-6)10-11-8(12-17-10)5-1-2-5/h5-7,14H,1-4H2,(H,15,16). The summed E-state index contributed by atoms with van der Waals surface area (Å²) in [6.07, 6.45) is 1.92. The van der Waals surface area contributed by atoms with Gasteiger partial charge in [0, 0.05) is 30.4 Å². The molecule has 1 aromatic rings. The topological polar surface area (TPSA) is 86.5 Å². The number of rotatable bonds is 3. The molecule has 6 nitrogen and oxygen atoms in total. The molecule has 7 heteroatoms. The lowest BCUT2D eigenvalue weighted by Crippen LogP contribution is -2.35. The Morgan fingerprint density at radius 2 is 2.24 bits per heavy atom. The van der Waals surface area contributed by atoms with Crippen molar-refractivity contribution in [3.8, 4) is 0 Å². The van der Waals surface area contributed by atoms with Gasteiger partial charge in [-0.3, -0.25) is 0 Å². The third-order valence-corrected chi connectivity index (χ3v) is 3.95. The number of anilines is 1. The van der Waals surface area contributed by atoms with Crippen LogP contribution >= 0.6 is 11.5 Å². The van der Waals surface area contributed by atoms with E-state index in [9.17, 15) is 9.90 Å². The van der Waals surface area contributed by atoms with Gasteiger partial charge in [0.25, 0.3) is 0 Å². The van der Waals surface area contributed by atoms with Crippen molar-refractivity contribution in [2.24, 2.45) is 0 Å². The lowest BCUT2D eigenvalue weighted by atomic mass is 10.2. The number of aromatic nitrogens is 2. The van der Waals surface area contributed by atoms with E-state index in [1.165, 1.54) is 11.5 Å². The number of hydrogen-bond acceptors (Lipinski definition) is 6. The summed E-state index contributed by atoms with van der Waals surface area (Å²) in [6.45, 7) is 0.330. The highest BCUT2D eigenvalue weighted by atomic mass is 32.1. The molecule has 17 heavy (non-hydrogen) atoms. The highest BCUT2D eigenvalue weighted by molar-refractivity contribution is 7.09. The van der Waals surface area contributed by atoms with Crippen LogP contribution in [0.2, 0.25) is 0 Å². The number of carboxylic acid groups (broad SMARTS) is 1. The van der Waals surface area contributed by atoms with Crippen LogP contribution in [-0.4, -0.2) is 44.2 Å². The van der Waals surface area contributed by atoms with Gasteiger partial charge in [-0.25, -0.2) is 9.78 Å². The SMILES string of the molecule is O=C(O)C1CC(O)CN1c1nc(C2CC2)ns1. The van der Waals surface area contributed by atoms with Gasteiger partial charge in [-0.05, 0) is 12.8 Å². The molecule has 0 radical (unpaired) electrons. The lowest BCUT2D eigenvalue weighted by Gasteiger charge is -2.18. The van der Waals surface area contributed by atoms with Crippen LogP contribution in [-0.2, 0) is 4.79 Å². The number of aliphatic hydroxyl groups is 1. The van der Waals surface area contributed by atoms with E-state index in [0.717, 1.165) is 18.7 Å². The molecule has 1 aliphatic carbocycles. The molecule has 2 N–H and O–H groups in total. The number of aliphatic carboxylic acids is 1. The summed E-state index contributed by atoms with van der Waals surface area (Å²) in [7, 11) is 0. The third kappa shape index (κ3) is 2.00. The van der Waals surface area contributed by atoms with Crippen molar-refractivity contribution in [3.63, 3.8) is 0 Å². The van der Waals surface area contributed by atoms with Gasteiger partial charge in [0.15, 0.2) is 0 Å². The Kier molecular flexibility index (Phi) is 2.52. The van der Waals surface area contributed by atoms with Crippen molar-refractivity contribution in [2.45, 2.75) is 37.3 Å². The minimum atomic E-state index is -0.912. The minimum absolute atomic E-state index is 0.258. The zero-order valence-corrected chi connectivity index (χ0v) is 9.93. The van der Waals surface area contributed by atoms with E-state index in [1.807, 2.05) is 0 Å². The van der Waals surface area contributed by atoms with Crippen molar-refractivity contribution in [3.05, 3.63) is 5.82 Å². The van der Waals surface area contributed by atoms with Crippen LogP contribution in [0.15, 0.2) is 0 Å². The zero-order chi connectivity index (χ0) is 12.0. The predicted molar refractivity (Wildman–Crippen MR) is 61.3 cm³/mol. The summed E-state index contributed by atoms with van der Waals surface area (Å²) in [5.74, 6) is 0.385. The fraction of sp³-hybridized carbons (Fsp3) is 0.700. The second-order valence-electron chi connectivity index (χ2n) is 4.61. The predicted octanol–water partition coefficient (Wildman–Crippen LogP) is 0.440. The van der Waals surface area contributed by atoms with Crippen molar-refractivity contribution in [2.75, 3.05) is 11.4 Å². The Morgan fingerprint density at radius 1 is 1.47 bits per heavy atom. The molecule has 1 aliphatic heterocycles. The number of aliphatic hydroxyl groups excluding tert-OH is 1. The Morgan fingerprint density at radius 3 is 2.88 bits per heavy atom.